The monoisotopic (exact) mass is 433 g/mol. The van der Waals surface area contributed by atoms with Gasteiger partial charge in [0.05, 0.1) is 0 Å². The smallest absolute Gasteiger partial charge is 0.249 e. The highest BCUT2D eigenvalue weighted by Crippen LogP contribution is 2.64. The molecule has 5 atom stereocenters. The molecule has 0 radical (unpaired) electrons. The van der Waals surface area contributed by atoms with Gasteiger partial charge >= 0.3 is 0 Å². The second kappa shape index (κ2) is 5.35. The molecule has 2 N–H and O–H groups in total. The third-order valence-corrected chi connectivity index (χ3v) is 9.62. The number of benzene rings is 1. The van der Waals surface area contributed by atoms with Crippen LogP contribution in [0.2, 0.25) is 0 Å². The second-order valence-electron chi connectivity index (χ2n) is 12.0. The van der Waals surface area contributed by atoms with Crippen molar-refractivity contribution < 1.29 is 14.3 Å². The molecule has 32 heavy (non-hydrogen) atoms. The summed E-state index contributed by atoms with van der Waals surface area (Å²) in [7, 11) is 0. The first-order chi connectivity index (χ1) is 15.1. The molecule has 1 aromatic carbocycles. The fourth-order valence-corrected chi connectivity index (χ4v) is 8.13. The Morgan fingerprint density at radius 3 is 2.75 bits per heavy atom. The van der Waals surface area contributed by atoms with Crippen LogP contribution in [0.5, 0.6) is 5.75 Å². The van der Waals surface area contributed by atoms with E-state index in [2.05, 4.69) is 62.6 Å². The fourth-order valence-electron chi connectivity index (χ4n) is 8.13. The van der Waals surface area contributed by atoms with Gasteiger partial charge in [0, 0.05) is 35.7 Å². The van der Waals surface area contributed by atoms with E-state index in [0.717, 1.165) is 42.8 Å². The molecular weight excluding hydrogens is 402 g/mol. The van der Waals surface area contributed by atoms with Gasteiger partial charge in [-0.05, 0) is 68.7 Å². The van der Waals surface area contributed by atoms with Crippen molar-refractivity contribution in [2.75, 3.05) is 11.9 Å². The third kappa shape index (κ3) is 1.95. The summed E-state index contributed by atoms with van der Waals surface area (Å²) in [6.07, 6.45) is 7.45. The Bertz CT molecular complexity index is 1140. The number of anilines is 1. The molecule has 168 valence electrons. The van der Waals surface area contributed by atoms with Crippen LogP contribution in [-0.4, -0.2) is 46.0 Å². The number of amides is 2. The molecule has 2 amide bonds. The standard InChI is InChI=1S/C26H31N3O3/c1-23(2)10-8-15-17(32-23)7-6-14-16-12-26-18(24(3,4)20(16)27-19(14)15)13-25(21(30)28-26)9-5-11-29(25)22(26)31/h6-8,10,16,18,20,27H,5,9,11-13H2,1-4H3,(H,28,30)/t16-,18+,20+,25+,26+/m0/s1. The van der Waals surface area contributed by atoms with Crippen LogP contribution in [0.25, 0.3) is 6.08 Å². The molecule has 6 heterocycles. The van der Waals surface area contributed by atoms with Gasteiger partial charge in [-0.3, -0.25) is 9.59 Å². The Kier molecular flexibility index (Phi) is 3.18. The first-order valence-electron chi connectivity index (χ1n) is 12.1. The van der Waals surface area contributed by atoms with Gasteiger partial charge < -0.3 is 20.3 Å². The normalized spacial score (nSPS) is 41.0. The Hall–Kier alpha value is -2.50. The van der Waals surface area contributed by atoms with Crippen LogP contribution in [0.1, 0.15) is 70.4 Å². The highest BCUT2D eigenvalue weighted by molar-refractivity contribution is 6.05. The molecule has 0 unspecified atom stereocenters. The number of nitrogens with one attached hydrogen (secondary N) is 2. The molecule has 7 aliphatic rings. The van der Waals surface area contributed by atoms with E-state index in [1.807, 2.05) is 4.90 Å². The van der Waals surface area contributed by atoms with Crippen LogP contribution >= 0.6 is 0 Å². The summed E-state index contributed by atoms with van der Waals surface area (Å²) in [5, 5.41) is 7.20. The van der Waals surface area contributed by atoms with E-state index in [0.29, 0.717) is 6.42 Å². The van der Waals surface area contributed by atoms with Crippen molar-refractivity contribution in [2.24, 2.45) is 11.3 Å². The number of rotatable bonds is 0. The molecule has 5 fully saturated rings. The number of hydrogen-bond donors (Lipinski definition) is 2. The summed E-state index contributed by atoms with van der Waals surface area (Å²) in [4.78, 5) is 29.2. The summed E-state index contributed by atoms with van der Waals surface area (Å²) in [5.41, 5.74) is 1.60. The van der Waals surface area contributed by atoms with Crippen molar-refractivity contribution in [3.8, 4) is 5.75 Å². The number of hydrogen-bond acceptors (Lipinski definition) is 4. The summed E-state index contributed by atoms with van der Waals surface area (Å²) in [6.45, 7) is 9.45. The Labute approximate surface area is 188 Å². The summed E-state index contributed by atoms with van der Waals surface area (Å²) in [6, 6.07) is 4.47. The SMILES string of the molecule is CC1(C)C=Cc2c(ccc3c2N[C@@H]2[C@H]3C[C@]34NC(=O)[C@@]5(CCCN5C3=O)C[C@@H]4C2(C)C)O1. The highest BCUT2D eigenvalue weighted by atomic mass is 16.5. The van der Waals surface area contributed by atoms with Crippen LogP contribution < -0.4 is 15.4 Å². The summed E-state index contributed by atoms with van der Waals surface area (Å²) in [5.74, 6) is 1.44. The van der Waals surface area contributed by atoms with Crippen molar-refractivity contribution in [2.45, 2.75) is 82.0 Å². The molecule has 8 rings (SSSR count). The largest absolute Gasteiger partial charge is 0.483 e. The zero-order valence-corrected chi connectivity index (χ0v) is 19.2. The number of fused-ring (bicyclic) bond motifs is 6. The molecule has 6 aliphatic heterocycles. The minimum Gasteiger partial charge on any atom is -0.483 e. The van der Waals surface area contributed by atoms with Crippen LogP contribution in [-0.2, 0) is 9.59 Å². The lowest BCUT2D eigenvalue weighted by Gasteiger charge is -2.66. The lowest BCUT2D eigenvalue weighted by Crippen LogP contribution is -2.85. The van der Waals surface area contributed by atoms with Crippen molar-refractivity contribution >= 4 is 23.6 Å². The maximum Gasteiger partial charge on any atom is 0.249 e. The number of carbonyl (C=O) groups is 2. The minimum atomic E-state index is -0.790. The van der Waals surface area contributed by atoms with E-state index in [4.69, 9.17) is 4.74 Å². The average Bonchev–Trinajstić information content (AvgIpc) is 3.32. The van der Waals surface area contributed by atoms with E-state index < -0.39 is 11.1 Å². The van der Waals surface area contributed by atoms with E-state index in [1.54, 1.807) is 0 Å². The molecule has 4 saturated heterocycles. The highest BCUT2D eigenvalue weighted by Gasteiger charge is 2.74. The average molecular weight is 434 g/mol. The fraction of sp³-hybridized carbons (Fsp3) is 0.615. The maximum atomic E-state index is 13.9. The minimum absolute atomic E-state index is 0.0790. The van der Waals surface area contributed by atoms with E-state index >= 15 is 0 Å². The van der Waals surface area contributed by atoms with Gasteiger partial charge in [-0.25, -0.2) is 0 Å². The topological polar surface area (TPSA) is 70.7 Å². The zero-order valence-electron chi connectivity index (χ0n) is 19.2. The lowest BCUT2D eigenvalue weighted by molar-refractivity contribution is -0.187. The van der Waals surface area contributed by atoms with Crippen LogP contribution in [0, 0.1) is 11.3 Å². The first kappa shape index (κ1) is 19.0. The van der Waals surface area contributed by atoms with Crippen LogP contribution in [0.15, 0.2) is 18.2 Å². The van der Waals surface area contributed by atoms with Crippen LogP contribution in [0.4, 0.5) is 5.69 Å². The van der Waals surface area contributed by atoms with Crippen molar-refractivity contribution in [1.82, 2.24) is 10.2 Å². The Morgan fingerprint density at radius 2 is 1.94 bits per heavy atom. The molecule has 0 aromatic heterocycles. The summed E-state index contributed by atoms with van der Waals surface area (Å²) >= 11 is 0. The predicted octanol–water partition coefficient (Wildman–Crippen LogP) is 3.43. The molecule has 6 heteroatoms. The zero-order chi connectivity index (χ0) is 22.3. The quantitative estimate of drug-likeness (QED) is 0.658. The van der Waals surface area contributed by atoms with Gasteiger partial charge in [-0.1, -0.05) is 19.9 Å². The number of carbonyl (C=O) groups excluding carboxylic acids is 2. The maximum absolute atomic E-state index is 13.9. The number of nitrogens with zero attached hydrogens (tertiary/aromatic N) is 1. The first-order valence-corrected chi connectivity index (χ1v) is 12.1. The third-order valence-electron chi connectivity index (χ3n) is 9.62. The molecular formula is C26H31N3O3. The van der Waals surface area contributed by atoms with E-state index in [1.165, 1.54) is 5.56 Å². The Balaban J connectivity index is 1.37. The number of ether oxygens (including phenoxy) is 1. The van der Waals surface area contributed by atoms with Gasteiger partial charge in [0.25, 0.3) is 0 Å². The molecule has 1 aromatic rings. The molecule has 6 nitrogen and oxygen atoms in total. The predicted molar refractivity (Wildman–Crippen MR) is 121 cm³/mol. The second-order valence-corrected chi connectivity index (χ2v) is 12.0. The van der Waals surface area contributed by atoms with Crippen molar-refractivity contribution in [3.63, 3.8) is 0 Å². The molecule has 1 saturated carbocycles. The Morgan fingerprint density at radius 1 is 1.12 bits per heavy atom. The van der Waals surface area contributed by atoms with Gasteiger partial charge in [0.15, 0.2) is 0 Å². The number of piperazine rings is 1. The molecule has 1 aliphatic carbocycles. The van der Waals surface area contributed by atoms with E-state index in [-0.39, 0.29) is 40.7 Å². The van der Waals surface area contributed by atoms with Gasteiger partial charge in [-0.15, -0.1) is 0 Å². The molecule has 2 spiro atoms. The van der Waals surface area contributed by atoms with E-state index in [9.17, 15) is 9.59 Å². The van der Waals surface area contributed by atoms with Crippen molar-refractivity contribution in [3.05, 3.63) is 29.3 Å². The van der Waals surface area contributed by atoms with Gasteiger partial charge in [-0.2, -0.15) is 0 Å². The molecule has 2 bridgehead atoms. The lowest BCUT2D eigenvalue weighted by atomic mass is 9.48. The summed E-state index contributed by atoms with van der Waals surface area (Å²) < 4.78 is 6.23. The number of piperidine rings is 2. The van der Waals surface area contributed by atoms with Gasteiger partial charge in [0.2, 0.25) is 11.8 Å². The van der Waals surface area contributed by atoms with Crippen LogP contribution in [0.3, 0.4) is 0 Å². The van der Waals surface area contributed by atoms with Gasteiger partial charge in [0.1, 0.15) is 22.4 Å². The van der Waals surface area contributed by atoms with Crippen molar-refractivity contribution in [1.29, 1.82) is 0 Å².